The van der Waals surface area contributed by atoms with Crippen LogP contribution in [0.5, 0.6) is 0 Å². The quantitative estimate of drug-likeness (QED) is 0.592. The van der Waals surface area contributed by atoms with E-state index in [9.17, 15) is 9.59 Å². The molecule has 0 atom stereocenters. The fourth-order valence-corrected chi connectivity index (χ4v) is 3.33. The van der Waals surface area contributed by atoms with Crippen molar-refractivity contribution in [3.63, 3.8) is 0 Å². The number of fused-ring (bicyclic) bond motifs is 2. The summed E-state index contributed by atoms with van der Waals surface area (Å²) in [6.45, 7) is 0. The standard InChI is InChI=1S/C17H13N5O2S/c1-18-14(23)10-5-4-6-11(9-10)19-16-21-22-15(24)12-7-2-3-8-13(12)20-17(22)25-16/h2-9H,1H3,(H,18,23)(H,19,21). The van der Waals surface area contributed by atoms with Crippen molar-refractivity contribution in [3.05, 3.63) is 64.4 Å². The zero-order valence-electron chi connectivity index (χ0n) is 13.2. The summed E-state index contributed by atoms with van der Waals surface area (Å²) >= 11 is 1.27. The monoisotopic (exact) mass is 351 g/mol. The second-order valence-corrected chi connectivity index (χ2v) is 6.28. The van der Waals surface area contributed by atoms with Crippen molar-refractivity contribution in [1.29, 1.82) is 0 Å². The molecular weight excluding hydrogens is 338 g/mol. The van der Waals surface area contributed by atoms with Gasteiger partial charge in [-0.3, -0.25) is 9.59 Å². The Balaban J connectivity index is 1.75. The van der Waals surface area contributed by atoms with Crippen LogP contribution in [0.2, 0.25) is 0 Å². The van der Waals surface area contributed by atoms with E-state index in [0.29, 0.717) is 32.2 Å². The molecule has 0 fully saturated rings. The highest BCUT2D eigenvalue weighted by Crippen LogP contribution is 2.23. The Morgan fingerprint density at radius 2 is 2.00 bits per heavy atom. The van der Waals surface area contributed by atoms with Gasteiger partial charge in [-0.05, 0) is 30.3 Å². The number of rotatable bonds is 3. The molecule has 0 spiro atoms. The van der Waals surface area contributed by atoms with E-state index >= 15 is 0 Å². The number of nitrogens with one attached hydrogen (secondary N) is 2. The molecule has 124 valence electrons. The van der Waals surface area contributed by atoms with Gasteiger partial charge in [0.2, 0.25) is 10.1 Å². The van der Waals surface area contributed by atoms with E-state index in [2.05, 4.69) is 20.7 Å². The van der Waals surface area contributed by atoms with Gasteiger partial charge in [-0.25, -0.2) is 4.98 Å². The number of amides is 1. The second-order valence-electron chi connectivity index (χ2n) is 5.32. The van der Waals surface area contributed by atoms with Crippen LogP contribution in [0.25, 0.3) is 15.9 Å². The van der Waals surface area contributed by atoms with Crippen LogP contribution in [-0.2, 0) is 0 Å². The minimum Gasteiger partial charge on any atom is -0.355 e. The molecule has 4 aromatic rings. The van der Waals surface area contributed by atoms with Crippen molar-refractivity contribution in [2.75, 3.05) is 12.4 Å². The number of anilines is 2. The predicted molar refractivity (Wildman–Crippen MR) is 97.8 cm³/mol. The Labute approximate surface area is 145 Å². The summed E-state index contributed by atoms with van der Waals surface area (Å²) in [5.74, 6) is -0.169. The van der Waals surface area contributed by atoms with Gasteiger partial charge >= 0.3 is 0 Å². The molecule has 4 rings (SSSR count). The third-order valence-corrected chi connectivity index (χ3v) is 4.53. The number of carbonyl (C=O) groups excluding carboxylic acids is 1. The van der Waals surface area contributed by atoms with Crippen molar-refractivity contribution >= 4 is 43.9 Å². The van der Waals surface area contributed by atoms with E-state index in [0.717, 1.165) is 0 Å². The molecule has 0 bridgehead atoms. The van der Waals surface area contributed by atoms with Crippen LogP contribution < -0.4 is 16.2 Å². The van der Waals surface area contributed by atoms with Gasteiger partial charge in [0.1, 0.15) is 0 Å². The SMILES string of the molecule is CNC(=O)c1cccc(Nc2nn3c(=O)c4ccccc4nc3s2)c1. The van der Waals surface area contributed by atoms with Crippen molar-refractivity contribution in [3.8, 4) is 0 Å². The van der Waals surface area contributed by atoms with E-state index in [-0.39, 0.29) is 11.5 Å². The normalized spacial score (nSPS) is 10.9. The topological polar surface area (TPSA) is 88.4 Å². The molecule has 2 aromatic carbocycles. The van der Waals surface area contributed by atoms with Crippen LogP contribution >= 0.6 is 11.3 Å². The van der Waals surface area contributed by atoms with Crippen molar-refractivity contribution in [2.24, 2.45) is 0 Å². The Morgan fingerprint density at radius 3 is 2.84 bits per heavy atom. The van der Waals surface area contributed by atoms with E-state index in [4.69, 9.17) is 0 Å². The van der Waals surface area contributed by atoms with E-state index in [1.807, 2.05) is 12.1 Å². The number of aromatic nitrogens is 3. The highest BCUT2D eigenvalue weighted by Gasteiger charge is 2.11. The number of para-hydroxylation sites is 1. The van der Waals surface area contributed by atoms with Crippen LogP contribution in [-0.4, -0.2) is 27.6 Å². The van der Waals surface area contributed by atoms with Gasteiger partial charge in [0.15, 0.2) is 0 Å². The van der Waals surface area contributed by atoms with Gasteiger partial charge in [0.25, 0.3) is 11.5 Å². The molecule has 25 heavy (non-hydrogen) atoms. The molecule has 0 saturated heterocycles. The highest BCUT2D eigenvalue weighted by molar-refractivity contribution is 7.20. The summed E-state index contributed by atoms with van der Waals surface area (Å²) in [5, 5.41) is 11.1. The van der Waals surface area contributed by atoms with Gasteiger partial charge < -0.3 is 10.6 Å². The van der Waals surface area contributed by atoms with Gasteiger partial charge in [-0.1, -0.05) is 29.5 Å². The summed E-state index contributed by atoms with van der Waals surface area (Å²) in [7, 11) is 1.58. The lowest BCUT2D eigenvalue weighted by molar-refractivity contribution is 0.0963. The zero-order chi connectivity index (χ0) is 17.4. The van der Waals surface area contributed by atoms with Crippen molar-refractivity contribution < 1.29 is 4.79 Å². The van der Waals surface area contributed by atoms with Gasteiger partial charge in [0, 0.05) is 18.3 Å². The van der Waals surface area contributed by atoms with Crippen LogP contribution in [0.1, 0.15) is 10.4 Å². The summed E-state index contributed by atoms with van der Waals surface area (Å²) in [4.78, 5) is 29.2. The smallest absolute Gasteiger partial charge is 0.283 e. The molecule has 0 saturated carbocycles. The van der Waals surface area contributed by atoms with E-state index < -0.39 is 0 Å². The first-order valence-electron chi connectivity index (χ1n) is 7.53. The van der Waals surface area contributed by atoms with Gasteiger partial charge in [-0.2, -0.15) is 4.52 Å². The fourth-order valence-electron chi connectivity index (χ4n) is 2.51. The molecule has 2 aromatic heterocycles. The van der Waals surface area contributed by atoms with Gasteiger partial charge in [-0.15, -0.1) is 5.10 Å². The molecule has 7 nitrogen and oxygen atoms in total. The van der Waals surface area contributed by atoms with Crippen molar-refractivity contribution in [1.82, 2.24) is 19.9 Å². The molecule has 2 N–H and O–H groups in total. The van der Waals surface area contributed by atoms with E-state index in [1.165, 1.54) is 15.9 Å². The molecule has 0 aliphatic heterocycles. The third-order valence-electron chi connectivity index (χ3n) is 3.71. The Hall–Kier alpha value is -3.26. The molecule has 0 unspecified atom stereocenters. The summed E-state index contributed by atoms with van der Waals surface area (Å²) in [6, 6.07) is 14.2. The minimum atomic E-state index is -0.205. The molecule has 2 heterocycles. The maximum atomic E-state index is 12.5. The Kier molecular flexibility index (Phi) is 3.66. The second kappa shape index (κ2) is 5.99. The summed E-state index contributed by atoms with van der Waals surface area (Å²) in [5.41, 5.74) is 1.68. The molecule has 0 aliphatic carbocycles. The molecule has 0 aliphatic rings. The Morgan fingerprint density at radius 1 is 1.16 bits per heavy atom. The summed E-state index contributed by atoms with van der Waals surface area (Å²) < 4.78 is 1.29. The number of carbonyl (C=O) groups is 1. The van der Waals surface area contributed by atoms with Crippen molar-refractivity contribution in [2.45, 2.75) is 0 Å². The van der Waals surface area contributed by atoms with Gasteiger partial charge in [0.05, 0.1) is 10.9 Å². The zero-order valence-corrected chi connectivity index (χ0v) is 14.0. The maximum Gasteiger partial charge on any atom is 0.283 e. The van der Waals surface area contributed by atoms with Crippen LogP contribution in [0.4, 0.5) is 10.8 Å². The first-order valence-corrected chi connectivity index (χ1v) is 8.35. The van der Waals surface area contributed by atoms with Crippen LogP contribution in [0.3, 0.4) is 0 Å². The Bertz CT molecular complexity index is 1160. The number of hydrogen-bond acceptors (Lipinski definition) is 6. The lowest BCUT2D eigenvalue weighted by Gasteiger charge is -2.04. The molecule has 8 heteroatoms. The minimum absolute atomic E-state index is 0.169. The number of hydrogen-bond donors (Lipinski definition) is 2. The fraction of sp³-hybridized carbons (Fsp3) is 0.0588. The maximum absolute atomic E-state index is 12.5. The largest absolute Gasteiger partial charge is 0.355 e. The first kappa shape index (κ1) is 15.3. The van der Waals surface area contributed by atoms with Crippen LogP contribution in [0.15, 0.2) is 53.3 Å². The molecule has 0 radical (unpaired) electrons. The summed E-state index contributed by atoms with van der Waals surface area (Å²) in [6.07, 6.45) is 0. The lowest BCUT2D eigenvalue weighted by atomic mass is 10.2. The lowest BCUT2D eigenvalue weighted by Crippen LogP contribution is -2.17. The first-order chi connectivity index (χ1) is 12.2. The third kappa shape index (κ3) is 2.72. The average molecular weight is 351 g/mol. The molecular formula is C17H13N5O2S. The average Bonchev–Trinajstić information content (AvgIpc) is 3.04. The number of benzene rings is 2. The number of nitrogens with zero attached hydrogens (tertiary/aromatic N) is 3. The molecule has 1 amide bonds. The van der Waals surface area contributed by atoms with Crippen LogP contribution in [0, 0.1) is 0 Å². The highest BCUT2D eigenvalue weighted by atomic mass is 32.1. The van der Waals surface area contributed by atoms with E-state index in [1.54, 1.807) is 43.4 Å². The predicted octanol–water partition coefficient (Wildman–Crippen LogP) is 2.41.